The molecular weight excluding hydrogens is 427 g/mol. The summed E-state index contributed by atoms with van der Waals surface area (Å²) in [5.74, 6) is -0.225. The van der Waals surface area contributed by atoms with Crippen LogP contribution in [0.5, 0.6) is 0 Å². The molecule has 0 saturated carbocycles. The van der Waals surface area contributed by atoms with E-state index in [1.54, 1.807) is 42.5 Å². The maximum absolute atomic E-state index is 13.8. The number of carbonyl (C=O) groups is 1. The lowest BCUT2D eigenvalue weighted by molar-refractivity contribution is -0.118. The van der Waals surface area contributed by atoms with Gasteiger partial charge in [0.15, 0.2) is 0 Å². The lowest BCUT2D eigenvalue weighted by atomic mass is 10.1. The second-order valence-corrected chi connectivity index (χ2v) is 10.2. The maximum atomic E-state index is 13.8. The molecule has 1 saturated heterocycles. The van der Waals surface area contributed by atoms with Crippen molar-refractivity contribution in [2.24, 2.45) is 0 Å². The Kier molecular flexibility index (Phi) is 7.87. The average molecular weight is 453 g/mol. The predicted molar refractivity (Wildman–Crippen MR) is 115 cm³/mol. The van der Waals surface area contributed by atoms with Gasteiger partial charge in [-0.25, -0.2) is 12.8 Å². The van der Waals surface area contributed by atoms with E-state index in [-0.39, 0.29) is 27.6 Å². The molecule has 0 bridgehead atoms. The summed E-state index contributed by atoms with van der Waals surface area (Å²) < 4.78 is 45.7. The summed E-state index contributed by atoms with van der Waals surface area (Å²) in [4.78, 5) is 12.4. The Labute approximate surface area is 180 Å². The Morgan fingerprint density at radius 3 is 2.50 bits per heavy atom. The highest BCUT2D eigenvalue weighted by molar-refractivity contribution is 8.00. The summed E-state index contributed by atoms with van der Waals surface area (Å²) in [6.45, 7) is 3.66. The molecule has 162 valence electrons. The van der Waals surface area contributed by atoms with Crippen LogP contribution in [-0.4, -0.2) is 50.7 Å². The van der Waals surface area contributed by atoms with Gasteiger partial charge in [0.2, 0.25) is 15.9 Å². The number of amides is 1. The standard InChI is InChI=1S/C21H25FN2O4S2/c1-16(19-4-2-3-5-20(19)22)29-15-21(25)23-14-17-6-8-18(9-7-17)30(26,27)24-10-12-28-13-11-24/h2-9,16H,10-15H2,1H3,(H,23,25). The minimum atomic E-state index is -3.53. The van der Waals surface area contributed by atoms with E-state index in [2.05, 4.69) is 5.32 Å². The molecule has 0 aromatic heterocycles. The SMILES string of the molecule is CC(SCC(=O)NCc1ccc(S(=O)(=O)N2CCOCC2)cc1)c1ccccc1F. The number of sulfonamides is 1. The number of nitrogens with one attached hydrogen (secondary N) is 1. The molecule has 1 aliphatic rings. The van der Waals surface area contributed by atoms with Crippen LogP contribution in [0.15, 0.2) is 53.4 Å². The van der Waals surface area contributed by atoms with Crippen LogP contribution in [0.1, 0.15) is 23.3 Å². The molecule has 30 heavy (non-hydrogen) atoms. The lowest BCUT2D eigenvalue weighted by Crippen LogP contribution is -2.40. The van der Waals surface area contributed by atoms with E-state index in [1.807, 2.05) is 6.92 Å². The van der Waals surface area contributed by atoms with Crippen molar-refractivity contribution in [3.63, 3.8) is 0 Å². The van der Waals surface area contributed by atoms with Crippen LogP contribution in [0.4, 0.5) is 4.39 Å². The summed E-state index contributed by atoms with van der Waals surface area (Å²) in [6.07, 6.45) is 0. The Morgan fingerprint density at radius 1 is 1.17 bits per heavy atom. The number of ether oxygens (including phenoxy) is 1. The van der Waals surface area contributed by atoms with Gasteiger partial charge in [-0.3, -0.25) is 4.79 Å². The van der Waals surface area contributed by atoms with Crippen molar-refractivity contribution >= 4 is 27.7 Å². The molecule has 1 amide bonds. The third-order valence-corrected chi connectivity index (χ3v) is 7.92. The summed E-state index contributed by atoms with van der Waals surface area (Å²) in [6, 6.07) is 13.1. The van der Waals surface area contributed by atoms with Gasteiger partial charge in [-0.05, 0) is 30.7 Å². The number of hydrogen-bond acceptors (Lipinski definition) is 5. The monoisotopic (exact) mass is 452 g/mol. The molecule has 1 N–H and O–H groups in total. The van der Waals surface area contributed by atoms with Gasteiger partial charge in [0.05, 0.1) is 23.9 Å². The van der Waals surface area contributed by atoms with E-state index < -0.39 is 10.0 Å². The molecule has 1 unspecified atom stereocenters. The van der Waals surface area contributed by atoms with Crippen molar-refractivity contribution in [2.75, 3.05) is 32.1 Å². The highest BCUT2D eigenvalue weighted by atomic mass is 32.2. The predicted octanol–water partition coefficient (Wildman–Crippen LogP) is 2.96. The van der Waals surface area contributed by atoms with Gasteiger partial charge >= 0.3 is 0 Å². The topological polar surface area (TPSA) is 75.7 Å². The lowest BCUT2D eigenvalue weighted by Gasteiger charge is -2.26. The van der Waals surface area contributed by atoms with Crippen LogP contribution >= 0.6 is 11.8 Å². The van der Waals surface area contributed by atoms with Gasteiger partial charge in [0.25, 0.3) is 0 Å². The average Bonchev–Trinajstić information content (AvgIpc) is 2.77. The number of morpholine rings is 1. The maximum Gasteiger partial charge on any atom is 0.243 e. The van der Waals surface area contributed by atoms with Crippen LogP contribution < -0.4 is 5.32 Å². The highest BCUT2D eigenvalue weighted by Gasteiger charge is 2.26. The number of carbonyl (C=O) groups excluding carboxylic acids is 1. The first-order chi connectivity index (χ1) is 14.4. The third kappa shape index (κ3) is 5.81. The van der Waals surface area contributed by atoms with E-state index in [0.717, 1.165) is 5.56 Å². The molecule has 2 aromatic rings. The Bertz CT molecular complexity index is 961. The fraction of sp³-hybridized carbons (Fsp3) is 0.381. The van der Waals surface area contributed by atoms with Crippen LogP contribution in [0.2, 0.25) is 0 Å². The number of thioether (sulfide) groups is 1. The Hall–Kier alpha value is -1.94. The first kappa shape index (κ1) is 22.7. The fourth-order valence-electron chi connectivity index (χ4n) is 3.06. The van der Waals surface area contributed by atoms with E-state index in [0.29, 0.717) is 38.4 Å². The number of rotatable bonds is 8. The zero-order valence-corrected chi connectivity index (χ0v) is 18.3. The zero-order chi connectivity index (χ0) is 21.6. The molecule has 9 heteroatoms. The minimum absolute atomic E-state index is 0.137. The van der Waals surface area contributed by atoms with Crippen molar-refractivity contribution in [1.29, 1.82) is 0 Å². The second-order valence-electron chi connectivity index (χ2n) is 6.91. The minimum Gasteiger partial charge on any atom is -0.379 e. The molecular formula is C21H25FN2O4S2. The number of hydrogen-bond donors (Lipinski definition) is 1. The second kappa shape index (κ2) is 10.4. The van der Waals surface area contributed by atoms with Crippen molar-refractivity contribution in [1.82, 2.24) is 9.62 Å². The summed E-state index contributed by atoms with van der Waals surface area (Å²) in [5.41, 5.74) is 1.38. The van der Waals surface area contributed by atoms with Crippen molar-refractivity contribution in [3.05, 3.63) is 65.5 Å². The van der Waals surface area contributed by atoms with E-state index in [4.69, 9.17) is 4.74 Å². The van der Waals surface area contributed by atoms with Gasteiger partial charge in [-0.1, -0.05) is 30.3 Å². The summed E-state index contributed by atoms with van der Waals surface area (Å²) >= 11 is 1.36. The van der Waals surface area contributed by atoms with Gasteiger partial charge < -0.3 is 10.1 Å². The molecule has 6 nitrogen and oxygen atoms in total. The summed E-state index contributed by atoms with van der Waals surface area (Å²) in [7, 11) is -3.53. The largest absolute Gasteiger partial charge is 0.379 e. The number of nitrogens with zero attached hydrogens (tertiary/aromatic N) is 1. The third-order valence-electron chi connectivity index (χ3n) is 4.83. The first-order valence-electron chi connectivity index (χ1n) is 9.67. The highest BCUT2D eigenvalue weighted by Crippen LogP contribution is 2.29. The van der Waals surface area contributed by atoms with Crippen molar-refractivity contribution in [3.8, 4) is 0 Å². The number of halogens is 1. The molecule has 0 radical (unpaired) electrons. The summed E-state index contributed by atoms with van der Waals surface area (Å²) in [5, 5.41) is 2.67. The molecule has 1 atom stereocenters. The molecule has 3 rings (SSSR count). The van der Waals surface area contributed by atoms with Crippen molar-refractivity contribution in [2.45, 2.75) is 23.6 Å². The normalized spacial score (nSPS) is 16.2. The van der Waals surface area contributed by atoms with Gasteiger partial charge in [0, 0.05) is 30.4 Å². The Balaban J connectivity index is 1.49. The van der Waals surface area contributed by atoms with Crippen LogP contribution in [-0.2, 0) is 26.1 Å². The van der Waals surface area contributed by atoms with Gasteiger partial charge in [0.1, 0.15) is 5.82 Å². The van der Waals surface area contributed by atoms with Crippen LogP contribution in [0.3, 0.4) is 0 Å². The number of benzene rings is 2. The zero-order valence-electron chi connectivity index (χ0n) is 16.7. The molecule has 0 spiro atoms. The van der Waals surface area contributed by atoms with E-state index in [1.165, 1.54) is 22.1 Å². The van der Waals surface area contributed by atoms with Crippen molar-refractivity contribution < 1.29 is 22.3 Å². The van der Waals surface area contributed by atoms with Gasteiger partial charge in [-0.2, -0.15) is 4.31 Å². The van der Waals surface area contributed by atoms with Gasteiger partial charge in [-0.15, -0.1) is 11.8 Å². The van der Waals surface area contributed by atoms with E-state index in [9.17, 15) is 17.6 Å². The van der Waals surface area contributed by atoms with Crippen LogP contribution in [0.25, 0.3) is 0 Å². The fourth-order valence-corrected chi connectivity index (χ4v) is 5.34. The van der Waals surface area contributed by atoms with E-state index >= 15 is 0 Å². The quantitative estimate of drug-likeness (QED) is 0.667. The molecule has 1 heterocycles. The van der Waals surface area contributed by atoms with Crippen LogP contribution in [0, 0.1) is 5.82 Å². The smallest absolute Gasteiger partial charge is 0.243 e. The Morgan fingerprint density at radius 2 is 1.83 bits per heavy atom. The molecule has 1 fully saturated rings. The molecule has 2 aromatic carbocycles. The molecule has 0 aliphatic carbocycles. The first-order valence-corrected chi connectivity index (χ1v) is 12.2. The molecule has 1 aliphatic heterocycles.